The van der Waals surface area contributed by atoms with Crippen LogP contribution in [0, 0.1) is 0 Å². The maximum absolute atomic E-state index is 12.4. The first-order valence-corrected chi connectivity index (χ1v) is 7.19. The summed E-state index contributed by atoms with van der Waals surface area (Å²) in [7, 11) is 1.54. The van der Waals surface area contributed by atoms with Gasteiger partial charge in [-0.05, 0) is 36.1 Å². The Bertz CT molecular complexity index is 769. The van der Waals surface area contributed by atoms with Gasteiger partial charge in [-0.1, -0.05) is 17.7 Å². The zero-order valence-corrected chi connectivity index (χ0v) is 12.6. The van der Waals surface area contributed by atoms with Gasteiger partial charge in [-0.3, -0.25) is 9.48 Å². The molecule has 1 atom stereocenters. The Morgan fingerprint density at radius 1 is 1.45 bits per heavy atom. The summed E-state index contributed by atoms with van der Waals surface area (Å²) in [5.74, 6) is -1.62. The van der Waals surface area contributed by atoms with E-state index >= 15 is 0 Å². The Balaban J connectivity index is 1.87. The lowest BCUT2D eigenvalue weighted by atomic mass is 10.1. The van der Waals surface area contributed by atoms with Crippen LogP contribution in [0.15, 0.2) is 24.4 Å². The molecular weight excluding hydrogens is 306 g/mol. The molecule has 2 N–H and O–H groups in total. The standard InChI is InChI=1S/C15H14ClN3O3/c1-19-13(11(7-17-19)15(21)22)14(20)18-12-5-3-8-2-4-9(16)6-10(8)12/h2,4,6-7,12H,3,5H2,1H3,(H,18,20)(H,21,22). The fourth-order valence-electron chi connectivity index (χ4n) is 2.81. The molecule has 0 bridgehead atoms. The Hall–Kier alpha value is -2.34. The van der Waals surface area contributed by atoms with Crippen LogP contribution in [0.1, 0.15) is 44.4 Å². The number of nitrogens with zero attached hydrogens (tertiary/aromatic N) is 2. The predicted octanol–water partition coefficient (Wildman–Crippen LogP) is 2.19. The Morgan fingerprint density at radius 2 is 2.23 bits per heavy atom. The first-order chi connectivity index (χ1) is 10.5. The van der Waals surface area contributed by atoms with Gasteiger partial charge in [0.1, 0.15) is 11.3 Å². The summed E-state index contributed by atoms with van der Waals surface area (Å²) in [6, 6.07) is 5.46. The predicted molar refractivity (Wildman–Crippen MR) is 80.1 cm³/mol. The Labute approximate surface area is 131 Å². The maximum Gasteiger partial charge on any atom is 0.339 e. The zero-order chi connectivity index (χ0) is 15.9. The van der Waals surface area contributed by atoms with Crippen molar-refractivity contribution >= 4 is 23.5 Å². The van der Waals surface area contributed by atoms with Gasteiger partial charge in [0.25, 0.3) is 5.91 Å². The molecule has 1 aliphatic carbocycles. The number of carboxylic acids is 1. The van der Waals surface area contributed by atoms with Crippen molar-refractivity contribution in [3.63, 3.8) is 0 Å². The van der Waals surface area contributed by atoms with Crippen molar-refractivity contribution in [2.24, 2.45) is 7.05 Å². The average molecular weight is 320 g/mol. The third kappa shape index (κ3) is 2.46. The number of aromatic nitrogens is 2. The number of fused-ring (bicyclic) bond motifs is 1. The molecule has 0 radical (unpaired) electrons. The van der Waals surface area contributed by atoms with Gasteiger partial charge in [-0.15, -0.1) is 0 Å². The summed E-state index contributed by atoms with van der Waals surface area (Å²) in [6.07, 6.45) is 2.80. The number of amides is 1. The topological polar surface area (TPSA) is 84.2 Å². The van der Waals surface area contributed by atoms with E-state index in [2.05, 4.69) is 10.4 Å². The molecule has 3 rings (SSSR count). The lowest BCUT2D eigenvalue weighted by Gasteiger charge is -2.15. The van der Waals surface area contributed by atoms with Crippen molar-refractivity contribution in [2.45, 2.75) is 18.9 Å². The molecule has 1 aliphatic rings. The van der Waals surface area contributed by atoms with Gasteiger partial charge in [0.15, 0.2) is 0 Å². The number of carbonyl (C=O) groups excluding carboxylic acids is 1. The number of carbonyl (C=O) groups is 2. The highest BCUT2D eigenvalue weighted by molar-refractivity contribution is 6.30. The van der Waals surface area contributed by atoms with Crippen LogP contribution in [-0.2, 0) is 13.5 Å². The van der Waals surface area contributed by atoms with Gasteiger partial charge in [0.2, 0.25) is 0 Å². The molecule has 0 aliphatic heterocycles. The van der Waals surface area contributed by atoms with Crippen LogP contribution < -0.4 is 5.32 Å². The van der Waals surface area contributed by atoms with Crippen molar-refractivity contribution in [3.8, 4) is 0 Å². The minimum absolute atomic E-state index is 0.0444. The van der Waals surface area contributed by atoms with Gasteiger partial charge in [0.05, 0.1) is 12.2 Å². The first kappa shape index (κ1) is 14.6. The van der Waals surface area contributed by atoms with Gasteiger partial charge in [-0.25, -0.2) is 4.79 Å². The number of aromatic carboxylic acids is 1. The van der Waals surface area contributed by atoms with Crippen molar-refractivity contribution < 1.29 is 14.7 Å². The quantitative estimate of drug-likeness (QED) is 0.908. The van der Waals surface area contributed by atoms with E-state index in [4.69, 9.17) is 16.7 Å². The van der Waals surface area contributed by atoms with Crippen LogP contribution in [0.2, 0.25) is 5.02 Å². The summed E-state index contributed by atoms with van der Waals surface area (Å²) < 4.78 is 1.27. The van der Waals surface area contributed by atoms with Crippen molar-refractivity contribution in [2.75, 3.05) is 0 Å². The van der Waals surface area contributed by atoms with E-state index in [1.807, 2.05) is 18.2 Å². The van der Waals surface area contributed by atoms with Gasteiger partial charge in [-0.2, -0.15) is 5.10 Å². The minimum Gasteiger partial charge on any atom is -0.478 e. The monoisotopic (exact) mass is 319 g/mol. The van der Waals surface area contributed by atoms with Crippen molar-refractivity contribution in [3.05, 3.63) is 51.8 Å². The number of carboxylic acid groups (broad SMARTS) is 1. The van der Waals surface area contributed by atoms with Crippen molar-refractivity contribution in [1.82, 2.24) is 15.1 Å². The molecule has 2 aromatic rings. The van der Waals surface area contributed by atoms with Crippen LogP contribution in [0.3, 0.4) is 0 Å². The van der Waals surface area contributed by atoms with E-state index in [0.717, 1.165) is 24.0 Å². The van der Waals surface area contributed by atoms with E-state index in [-0.39, 0.29) is 17.3 Å². The van der Waals surface area contributed by atoms with E-state index in [1.54, 1.807) is 7.05 Å². The summed E-state index contributed by atoms with van der Waals surface area (Å²) in [6.45, 7) is 0. The number of nitrogens with one attached hydrogen (secondary N) is 1. The van der Waals surface area contributed by atoms with Crippen molar-refractivity contribution in [1.29, 1.82) is 0 Å². The fourth-order valence-corrected chi connectivity index (χ4v) is 2.99. The number of hydrogen-bond donors (Lipinski definition) is 2. The lowest BCUT2D eigenvalue weighted by Crippen LogP contribution is -2.30. The molecule has 1 heterocycles. The SMILES string of the molecule is Cn1ncc(C(=O)O)c1C(=O)NC1CCc2ccc(Cl)cc21. The molecule has 0 saturated heterocycles. The number of hydrogen-bond acceptors (Lipinski definition) is 3. The van der Waals surface area contributed by atoms with E-state index in [1.165, 1.54) is 10.9 Å². The summed E-state index contributed by atoms with van der Waals surface area (Å²) in [5, 5.41) is 16.5. The van der Waals surface area contributed by atoms with Crippen LogP contribution >= 0.6 is 11.6 Å². The molecule has 22 heavy (non-hydrogen) atoms. The molecular formula is C15H14ClN3O3. The molecule has 1 aromatic carbocycles. The van der Waals surface area contributed by atoms with Gasteiger partial charge in [0, 0.05) is 12.1 Å². The smallest absolute Gasteiger partial charge is 0.339 e. The second-order valence-corrected chi connectivity index (χ2v) is 5.68. The van der Waals surface area contributed by atoms with E-state index in [9.17, 15) is 9.59 Å². The highest BCUT2D eigenvalue weighted by atomic mass is 35.5. The molecule has 1 amide bonds. The van der Waals surface area contributed by atoms with E-state index in [0.29, 0.717) is 5.02 Å². The molecule has 0 fully saturated rings. The van der Waals surface area contributed by atoms with E-state index < -0.39 is 11.9 Å². The molecule has 6 nitrogen and oxygen atoms in total. The maximum atomic E-state index is 12.4. The zero-order valence-electron chi connectivity index (χ0n) is 11.8. The van der Waals surface area contributed by atoms with Crippen LogP contribution in [0.4, 0.5) is 0 Å². The second kappa shape index (κ2) is 5.46. The third-order valence-electron chi connectivity index (χ3n) is 3.88. The molecule has 0 spiro atoms. The molecule has 1 aromatic heterocycles. The Kier molecular flexibility index (Phi) is 3.62. The highest BCUT2D eigenvalue weighted by Crippen LogP contribution is 2.33. The fraction of sp³-hybridized carbons (Fsp3) is 0.267. The normalized spacial score (nSPS) is 16.4. The molecule has 0 saturated carbocycles. The Morgan fingerprint density at radius 3 is 2.95 bits per heavy atom. The van der Waals surface area contributed by atoms with Gasteiger partial charge >= 0.3 is 5.97 Å². The minimum atomic E-state index is -1.17. The molecule has 1 unspecified atom stereocenters. The van der Waals surface area contributed by atoms with Crippen LogP contribution in [-0.4, -0.2) is 26.8 Å². The molecule has 114 valence electrons. The summed E-state index contributed by atoms with van der Waals surface area (Å²) in [4.78, 5) is 23.6. The third-order valence-corrected chi connectivity index (χ3v) is 4.11. The van der Waals surface area contributed by atoms with Crippen LogP contribution in [0.5, 0.6) is 0 Å². The number of benzene rings is 1. The lowest BCUT2D eigenvalue weighted by molar-refractivity contribution is 0.0690. The van der Waals surface area contributed by atoms with Gasteiger partial charge < -0.3 is 10.4 Å². The highest BCUT2D eigenvalue weighted by Gasteiger charge is 2.28. The summed E-state index contributed by atoms with van der Waals surface area (Å²) >= 11 is 6.01. The summed E-state index contributed by atoms with van der Waals surface area (Å²) in [5.41, 5.74) is 2.07. The molecule has 7 heteroatoms. The largest absolute Gasteiger partial charge is 0.478 e. The number of halogens is 1. The average Bonchev–Trinajstić information content (AvgIpc) is 3.03. The number of rotatable bonds is 3. The van der Waals surface area contributed by atoms with Crippen LogP contribution in [0.25, 0.3) is 0 Å². The second-order valence-electron chi connectivity index (χ2n) is 5.24. The number of aryl methyl sites for hydroxylation is 2. The first-order valence-electron chi connectivity index (χ1n) is 6.82.